The number of rotatable bonds is 10. The highest BCUT2D eigenvalue weighted by Gasteiger charge is 2.11. The third kappa shape index (κ3) is 4.95. The van der Waals surface area contributed by atoms with Crippen LogP contribution in [0.25, 0.3) is 0 Å². The Kier molecular flexibility index (Phi) is 7.10. The van der Waals surface area contributed by atoms with Crippen LogP contribution >= 0.6 is 0 Å². The summed E-state index contributed by atoms with van der Waals surface area (Å²) >= 11 is 0. The number of benzene rings is 1. The molecule has 0 atom stereocenters. The van der Waals surface area contributed by atoms with E-state index >= 15 is 0 Å². The fourth-order valence-corrected chi connectivity index (χ4v) is 2.72. The molecule has 0 aliphatic carbocycles. The number of aliphatic hydroxyl groups excluding tert-OH is 1. The van der Waals surface area contributed by atoms with Gasteiger partial charge in [-0.2, -0.15) is 0 Å². The van der Waals surface area contributed by atoms with Crippen LogP contribution in [0.4, 0.5) is 0 Å². The average Bonchev–Trinajstić information content (AvgIpc) is 2.95. The van der Waals surface area contributed by atoms with Crippen molar-refractivity contribution in [2.24, 2.45) is 0 Å². The lowest BCUT2D eigenvalue weighted by Gasteiger charge is -2.08. The largest absolute Gasteiger partial charge is 0.390 e. The maximum Gasteiger partial charge on any atom is 0.111 e. The standard InChI is InChI=1S/C18H27N3O/c1-2-3-4-5-9-14-21-18(17(15-22)19-20-21)13-12-16-10-7-6-8-11-16/h6-8,10-11,22H,2-5,9,12-15H2,1H3. The topological polar surface area (TPSA) is 50.9 Å². The van der Waals surface area contributed by atoms with Crippen LogP contribution in [0, 0.1) is 0 Å². The van der Waals surface area contributed by atoms with Crippen molar-refractivity contribution in [2.45, 2.75) is 65.0 Å². The van der Waals surface area contributed by atoms with E-state index in [1.807, 2.05) is 10.7 Å². The first kappa shape index (κ1) is 16.7. The first-order chi connectivity index (χ1) is 10.8. The summed E-state index contributed by atoms with van der Waals surface area (Å²) in [6.07, 6.45) is 8.06. The van der Waals surface area contributed by atoms with Gasteiger partial charge in [0.25, 0.3) is 0 Å². The quantitative estimate of drug-likeness (QED) is 0.683. The molecule has 120 valence electrons. The van der Waals surface area contributed by atoms with Crippen molar-refractivity contribution in [3.05, 3.63) is 47.3 Å². The van der Waals surface area contributed by atoms with Crippen molar-refractivity contribution in [3.63, 3.8) is 0 Å². The van der Waals surface area contributed by atoms with Crippen molar-refractivity contribution in [2.75, 3.05) is 0 Å². The van der Waals surface area contributed by atoms with Crippen molar-refractivity contribution < 1.29 is 5.11 Å². The van der Waals surface area contributed by atoms with Gasteiger partial charge < -0.3 is 5.11 Å². The fraction of sp³-hybridized carbons (Fsp3) is 0.556. The molecule has 2 rings (SSSR count). The van der Waals surface area contributed by atoms with Crippen LogP contribution in [0.15, 0.2) is 30.3 Å². The Hall–Kier alpha value is -1.68. The summed E-state index contributed by atoms with van der Waals surface area (Å²) in [6.45, 7) is 3.10. The second kappa shape index (κ2) is 9.36. The van der Waals surface area contributed by atoms with Crippen LogP contribution < -0.4 is 0 Å². The Morgan fingerprint density at radius 2 is 1.77 bits per heavy atom. The molecule has 1 aromatic heterocycles. The molecule has 0 saturated carbocycles. The Labute approximate surface area is 133 Å². The van der Waals surface area contributed by atoms with Crippen LogP contribution in [0.2, 0.25) is 0 Å². The van der Waals surface area contributed by atoms with Crippen LogP contribution in [0.3, 0.4) is 0 Å². The summed E-state index contributed by atoms with van der Waals surface area (Å²) < 4.78 is 1.99. The molecule has 2 aromatic rings. The molecule has 1 aromatic carbocycles. The van der Waals surface area contributed by atoms with E-state index in [-0.39, 0.29) is 6.61 Å². The van der Waals surface area contributed by atoms with Gasteiger partial charge in [0.1, 0.15) is 5.69 Å². The Morgan fingerprint density at radius 3 is 2.50 bits per heavy atom. The summed E-state index contributed by atoms with van der Waals surface area (Å²) in [6, 6.07) is 10.4. The minimum atomic E-state index is -0.0278. The van der Waals surface area contributed by atoms with Gasteiger partial charge in [-0.1, -0.05) is 68.2 Å². The van der Waals surface area contributed by atoms with E-state index in [0.29, 0.717) is 0 Å². The van der Waals surface area contributed by atoms with E-state index in [0.717, 1.165) is 37.2 Å². The fourth-order valence-electron chi connectivity index (χ4n) is 2.72. The lowest BCUT2D eigenvalue weighted by molar-refractivity contribution is 0.275. The number of aryl methyl sites for hydroxylation is 2. The lowest BCUT2D eigenvalue weighted by atomic mass is 10.1. The summed E-state index contributed by atoms with van der Waals surface area (Å²) in [7, 11) is 0. The highest BCUT2D eigenvalue weighted by molar-refractivity contribution is 5.18. The highest BCUT2D eigenvalue weighted by atomic mass is 16.3. The molecule has 0 spiro atoms. The van der Waals surface area contributed by atoms with Gasteiger partial charge in [-0.15, -0.1) is 5.10 Å². The molecule has 0 aliphatic rings. The lowest BCUT2D eigenvalue weighted by Crippen LogP contribution is -2.08. The molecule has 0 unspecified atom stereocenters. The summed E-state index contributed by atoms with van der Waals surface area (Å²) in [4.78, 5) is 0. The highest BCUT2D eigenvalue weighted by Crippen LogP contribution is 2.12. The Bertz CT molecular complexity index is 537. The zero-order valence-corrected chi connectivity index (χ0v) is 13.5. The molecule has 4 nitrogen and oxygen atoms in total. The molecular weight excluding hydrogens is 274 g/mol. The van der Waals surface area contributed by atoms with Gasteiger partial charge in [-0.05, 0) is 24.8 Å². The molecule has 4 heteroatoms. The Balaban J connectivity index is 1.91. The molecular formula is C18H27N3O. The molecule has 22 heavy (non-hydrogen) atoms. The van der Waals surface area contributed by atoms with Crippen LogP contribution in [0.5, 0.6) is 0 Å². The van der Waals surface area contributed by atoms with E-state index in [1.165, 1.54) is 31.2 Å². The molecule has 0 aliphatic heterocycles. The van der Waals surface area contributed by atoms with Crippen LogP contribution in [0.1, 0.15) is 56.0 Å². The minimum absolute atomic E-state index is 0.0278. The van der Waals surface area contributed by atoms with Crippen LogP contribution in [-0.4, -0.2) is 20.1 Å². The van der Waals surface area contributed by atoms with Gasteiger partial charge in [0.05, 0.1) is 12.3 Å². The van der Waals surface area contributed by atoms with E-state index in [1.54, 1.807) is 0 Å². The van der Waals surface area contributed by atoms with E-state index in [9.17, 15) is 5.11 Å². The maximum atomic E-state index is 9.45. The second-order valence-electron chi connectivity index (χ2n) is 5.76. The molecule has 1 N–H and O–H groups in total. The molecule has 0 bridgehead atoms. The maximum absolute atomic E-state index is 9.45. The summed E-state index contributed by atoms with van der Waals surface area (Å²) in [5.74, 6) is 0. The molecule has 0 amide bonds. The number of hydrogen-bond donors (Lipinski definition) is 1. The average molecular weight is 301 g/mol. The van der Waals surface area contributed by atoms with Gasteiger partial charge in [0, 0.05) is 6.54 Å². The van der Waals surface area contributed by atoms with Crippen molar-refractivity contribution in [1.29, 1.82) is 0 Å². The van der Waals surface area contributed by atoms with E-state index in [4.69, 9.17) is 0 Å². The van der Waals surface area contributed by atoms with Gasteiger partial charge in [-0.3, -0.25) is 0 Å². The number of nitrogens with zero attached hydrogens (tertiary/aromatic N) is 3. The second-order valence-corrected chi connectivity index (χ2v) is 5.76. The number of aromatic nitrogens is 3. The molecule has 1 heterocycles. The smallest absolute Gasteiger partial charge is 0.111 e. The van der Waals surface area contributed by atoms with Crippen molar-refractivity contribution in [1.82, 2.24) is 15.0 Å². The van der Waals surface area contributed by atoms with Crippen molar-refractivity contribution in [3.8, 4) is 0 Å². The van der Waals surface area contributed by atoms with Gasteiger partial charge in [0.15, 0.2) is 0 Å². The van der Waals surface area contributed by atoms with Gasteiger partial charge in [0.2, 0.25) is 0 Å². The first-order valence-electron chi connectivity index (χ1n) is 8.41. The summed E-state index contributed by atoms with van der Waals surface area (Å²) in [5, 5.41) is 17.8. The van der Waals surface area contributed by atoms with Crippen LogP contribution in [-0.2, 0) is 26.0 Å². The number of aliphatic hydroxyl groups is 1. The van der Waals surface area contributed by atoms with E-state index < -0.39 is 0 Å². The predicted molar refractivity (Wildman–Crippen MR) is 88.6 cm³/mol. The monoisotopic (exact) mass is 301 g/mol. The van der Waals surface area contributed by atoms with Crippen molar-refractivity contribution >= 4 is 0 Å². The molecule has 0 fully saturated rings. The SMILES string of the molecule is CCCCCCCn1nnc(CO)c1CCc1ccccc1. The third-order valence-corrected chi connectivity index (χ3v) is 4.03. The minimum Gasteiger partial charge on any atom is -0.390 e. The summed E-state index contributed by atoms with van der Waals surface area (Å²) in [5.41, 5.74) is 3.12. The normalized spacial score (nSPS) is 11.0. The molecule has 0 radical (unpaired) electrons. The molecule has 0 saturated heterocycles. The van der Waals surface area contributed by atoms with E-state index in [2.05, 4.69) is 41.5 Å². The predicted octanol–water partition coefficient (Wildman–Crippen LogP) is 3.53. The van der Waals surface area contributed by atoms with Gasteiger partial charge in [-0.25, -0.2) is 4.68 Å². The zero-order valence-electron chi connectivity index (χ0n) is 13.5. The zero-order chi connectivity index (χ0) is 15.6. The number of unbranched alkanes of at least 4 members (excludes halogenated alkanes) is 4. The number of hydrogen-bond acceptors (Lipinski definition) is 3. The first-order valence-corrected chi connectivity index (χ1v) is 8.41. The van der Waals surface area contributed by atoms with Gasteiger partial charge >= 0.3 is 0 Å². The third-order valence-electron chi connectivity index (χ3n) is 4.03. The Morgan fingerprint density at radius 1 is 1.00 bits per heavy atom.